The number of fused-ring (bicyclic) bond motifs is 8. The molecule has 0 unspecified atom stereocenters. The van der Waals surface area contributed by atoms with Crippen LogP contribution in [0.15, 0.2) is 211 Å². The van der Waals surface area contributed by atoms with Gasteiger partial charge in [0, 0.05) is 60.3 Å². The number of furan rings is 1. The van der Waals surface area contributed by atoms with Crippen molar-refractivity contribution >= 4 is 54.4 Å². The molecule has 5 heteroatoms. The average molecular weight is 779 g/mol. The standard InChI is InChI=1S/C56H34N4O/c1-3-14-39(15-4-1)54-58-55(40-16-5-2-6-17-40)60-56(59-54)41-31-27-36(28-32-41)35-25-29-38(30-26-35)51-48-34-33-37-13-7-8-18-42(37)50(48)47-23-11-20-44(52(47)57-51)46-22-12-21-45-43-19-9-10-24-49(43)61-53(45)46/h1-34H. The van der Waals surface area contributed by atoms with Crippen molar-refractivity contribution in [3.8, 4) is 67.7 Å². The number of pyridine rings is 1. The molecular weight excluding hydrogens is 745 g/mol. The first kappa shape index (κ1) is 34.7. The van der Waals surface area contributed by atoms with Crippen molar-refractivity contribution in [2.75, 3.05) is 0 Å². The highest BCUT2D eigenvalue weighted by Gasteiger charge is 2.19. The van der Waals surface area contributed by atoms with Gasteiger partial charge in [0.05, 0.1) is 11.2 Å². The molecule has 0 fully saturated rings. The first-order valence-corrected chi connectivity index (χ1v) is 20.5. The molecule has 9 aromatic carbocycles. The lowest BCUT2D eigenvalue weighted by atomic mass is 9.92. The maximum absolute atomic E-state index is 6.56. The molecular formula is C56H34N4O. The molecule has 0 aliphatic rings. The number of hydrogen-bond acceptors (Lipinski definition) is 5. The zero-order valence-electron chi connectivity index (χ0n) is 32.8. The largest absolute Gasteiger partial charge is 0.455 e. The van der Waals surface area contributed by atoms with Gasteiger partial charge < -0.3 is 4.42 Å². The highest BCUT2D eigenvalue weighted by molar-refractivity contribution is 6.24. The molecule has 0 bridgehead atoms. The molecule has 5 nitrogen and oxygen atoms in total. The Morgan fingerprint density at radius 1 is 0.295 bits per heavy atom. The Morgan fingerprint density at radius 2 is 0.803 bits per heavy atom. The monoisotopic (exact) mass is 778 g/mol. The Kier molecular flexibility index (Phi) is 8.10. The van der Waals surface area contributed by atoms with Gasteiger partial charge in [-0.1, -0.05) is 200 Å². The first-order chi connectivity index (χ1) is 30.2. The number of nitrogens with zero attached hydrogens (tertiary/aromatic N) is 4. The third-order valence-corrected chi connectivity index (χ3v) is 11.7. The summed E-state index contributed by atoms with van der Waals surface area (Å²) in [6.07, 6.45) is 0. The summed E-state index contributed by atoms with van der Waals surface area (Å²) in [4.78, 5) is 20.3. The number of rotatable bonds is 6. The second-order valence-corrected chi connectivity index (χ2v) is 15.3. The Balaban J connectivity index is 0.963. The molecule has 0 radical (unpaired) electrons. The van der Waals surface area contributed by atoms with Crippen LogP contribution in [0.3, 0.4) is 0 Å². The van der Waals surface area contributed by atoms with Crippen molar-refractivity contribution in [2.45, 2.75) is 0 Å². The molecule has 3 aromatic heterocycles. The number of aromatic nitrogens is 4. The van der Waals surface area contributed by atoms with Crippen LogP contribution >= 0.6 is 0 Å². The van der Waals surface area contributed by atoms with Crippen LogP contribution in [-0.2, 0) is 0 Å². The maximum Gasteiger partial charge on any atom is 0.164 e. The fourth-order valence-corrected chi connectivity index (χ4v) is 8.76. The van der Waals surface area contributed by atoms with Crippen molar-refractivity contribution in [3.05, 3.63) is 206 Å². The van der Waals surface area contributed by atoms with Crippen LogP contribution in [0.4, 0.5) is 0 Å². The summed E-state index contributed by atoms with van der Waals surface area (Å²) in [5.41, 5.74) is 11.8. The Bertz CT molecular complexity index is 3560. The smallest absolute Gasteiger partial charge is 0.164 e. The quantitative estimate of drug-likeness (QED) is 0.157. The molecule has 284 valence electrons. The van der Waals surface area contributed by atoms with E-state index in [1.54, 1.807) is 0 Å². The van der Waals surface area contributed by atoms with E-state index in [0.717, 1.165) is 88.4 Å². The van der Waals surface area contributed by atoms with Gasteiger partial charge in [0.15, 0.2) is 17.5 Å². The minimum absolute atomic E-state index is 0.632. The molecule has 3 heterocycles. The van der Waals surface area contributed by atoms with Crippen molar-refractivity contribution in [3.63, 3.8) is 0 Å². The van der Waals surface area contributed by atoms with Crippen molar-refractivity contribution < 1.29 is 4.42 Å². The van der Waals surface area contributed by atoms with Crippen LogP contribution < -0.4 is 0 Å². The van der Waals surface area contributed by atoms with E-state index in [2.05, 4.69) is 133 Å². The first-order valence-electron chi connectivity index (χ1n) is 20.5. The van der Waals surface area contributed by atoms with Crippen LogP contribution in [0.5, 0.6) is 0 Å². The lowest BCUT2D eigenvalue weighted by Crippen LogP contribution is -2.00. The average Bonchev–Trinajstić information content (AvgIpc) is 3.73. The molecule has 0 saturated carbocycles. The van der Waals surface area contributed by atoms with E-state index < -0.39 is 0 Å². The number of para-hydroxylation sites is 3. The Hall–Kier alpha value is -8.28. The van der Waals surface area contributed by atoms with E-state index in [0.29, 0.717) is 17.5 Å². The van der Waals surface area contributed by atoms with Crippen LogP contribution in [0.25, 0.3) is 122 Å². The molecule has 0 N–H and O–H groups in total. The van der Waals surface area contributed by atoms with Gasteiger partial charge in [-0.2, -0.15) is 0 Å². The lowest BCUT2D eigenvalue weighted by Gasteiger charge is -2.15. The van der Waals surface area contributed by atoms with Gasteiger partial charge in [0.2, 0.25) is 0 Å². The highest BCUT2D eigenvalue weighted by Crippen LogP contribution is 2.43. The van der Waals surface area contributed by atoms with E-state index in [1.807, 2.05) is 72.8 Å². The third-order valence-electron chi connectivity index (χ3n) is 11.7. The number of benzene rings is 9. The van der Waals surface area contributed by atoms with Gasteiger partial charge in [0.25, 0.3) is 0 Å². The van der Waals surface area contributed by atoms with Gasteiger partial charge >= 0.3 is 0 Å². The van der Waals surface area contributed by atoms with E-state index in [-0.39, 0.29) is 0 Å². The molecule has 0 amide bonds. The predicted molar refractivity (Wildman–Crippen MR) is 250 cm³/mol. The van der Waals surface area contributed by atoms with Gasteiger partial charge in [0.1, 0.15) is 11.2 Å². The van der Waals surface area contributed by atoms with Crippen LogP contribution in [0.1, 0.15) is 0 Å². The van der Waals surface area contributed by atoms with Crippen LogP contribution in [-0.4, -0.2) is 19.9 Å². The zero-order chi connectivity index (χ0) is 40.3. The minimum atomic E-state index is 0.632. The SMILES string of the molecule is c1ccc(-c2nc(-c3ccccc3)nc(-c3ccc(-c4ccc(-c5nc6c(-c7cccc8c7oc7ccccc78)cccc6c6c5ccc5ccccc56)cc4)cc3)n2)cc1. The van der Waals surface area contributed by atoms with E-state index >= 15 is 0 Å². The number of hydrogen-bond donors (Lipinski definition) is 0. The van der Waals surface area contributed by atoms with Gasteiger partial charge in [-0.3, -0.25) is 0 Å². The summed E-state index contributed by atoms with van der Waals surface area (Å²) in [5.74, 6) is 1.92. The van der Waals surface area contributed by atoms with Crippen LogP contribution in [0.2, 0.25) is 0 Å². The molecule has 61 heavy (non-hydrogen) atoms. The Morgan fingerprint density at radius 3 is 1.48 bits per heavy atom. The van der Waals surface area contributed by atoms with Crippen molar-refractivity contribution in [1.82, 2.24) is 19.9 Å². The highest BCUT2D eigenvalue weighted by atomic mass is 16.3. The summed E-state index contributed by atoms with van der Waals surface area (Å²) >= 11 is 0. The minimum Gasteiger partial charge on any atom is -0.455 e. The van der Waals surface area contributed by atoms with Crippen molar-refractivity contribution in [1.29, 1.82) is 0 Å². The summed E-state index contributed by atoms with van der Waals surface area (Å²) in [6, 6.07) is 71.6. The van der Waals surface area contributed by atoms with E-state index in [1.165, 1.54) is 16.2 Å². The second kappa shape index (κ2) is 14.2. The molecule has 0 atom stereocenters. The topological polar surface area (TPSA) is 64.7 Å². The molecule has 12 rings (SSSR count). The van der Waals surface area contributed by atoms with Crippen molar-refractivity contribution in [2.24, 2.45) is 0 Å². The lowest BCUT2D eigenvalue weighted by molar-refractivity contribution is 0.670. The fraction of sp³-hybridized carbons (Fsp3) is 0. The molecule has 0 spiro atoms. The maximum atomic E-state index is 6.56. The van der Waals surface area contributed by atoms with Gasteiger partial charge in [-0.15, -0.1) is 0 Å². The third kappa shape index (κ3) is 5.94. The normalized spacial score (nSPS) is 11.6. The predicted octanol–water partition coefficient (Wildman–Crippen LogP) is 14.6. The zero-order valence-corrected chi connectivity index (χ0v) is 32.8. The molecule has 0 aliphatic heterocycles. The summed E-state index contributed by atoms with van der Waals surface area (Å²) in [6.45, 7) is 0. The molecule has 0 saturated heterocycles. The summed E-state index contributed by atoms with van der Waals surface area (Å²) < 4.78 is 6.56. The van der Waals surface area contributed by atoms with E-state index in [4.69, 9.17) is 24.4 Å². The van der Waals surface area contributed by atoms with Crippen LogP contribution in [0, 0.1) is 0 Å². The molecule has 12 aromatic rings. The fourth-order valence-electron chi connectivity index (χ4n) is 8.76. The van der Waals surface area contributed by atoms with Gasteiger partial charge in [-0.25, -0.2) is 19.9 Å². The van der Waals surface area contributed by atoms with Gasteiger partial charge in [-0.05, 0) is 28.0 Å². The van der Waals surface area contributed by atoms with E-state index in [9.17, 15) is 0 Å². The Labute approximate surface area is 351 Å². The molecule has 0 aliphatic carbocycles. The second-order valence-electron chi connectivity index (χ2n) is 15.3. The summed E-state index contributed by atoms with van der Waals surface area (Å²) in [5, 5.41) is 8.03. The summed E-state index contributed by atoms with van der Waals surface area (Å²) in [7, 11) is 0.